The zero-order chi connectivity index (χ0) is 32.9. The molecular weight excluding hydrogens is 579 g/mol. The highest BCUT2D eigenvalue weighted by Crippen LogP contribution is 2.24. The predicted molar refractivity (Wildman–Crippen MR) is 184 cm³/mol. The van der Waals surface area contributed by atoms with Crippen molar-refractivity contribution in [1.82, 2.24) is 5.32 Å². The molecule has 1 heterocycles. The highest BCUT2D eigenvalue weighted by atomic mass is 32.2. The van der Waals surface area contributed by atoms with Gasteiger partial charge in [-0.3, -0.25) is 9.59 Å². The number of hydrogen-bond acceptors (Lipinski definition) is 7. The van der Waals surface area contributed by atoms with Gasteiger partial charge in [-0.25, -0.2) is 4.79 Å². The van der Waals surface area contributed by atoms with Crippen LogP contribution in [0.1, 0.15) is 75.2 Å². The zero-order valence-electron chi connectivity index (χ0n) is 27.3. The van der Waals surface area contributed by atoms with E-state index < -0.39 is 16.1 Å². The van der Waals surface area contributed by atoms with Gasteiger partial charge in [-0.1, -0.05) is 87.8 Å². The smallest absolute Gasteiger partial charge is 0.331 e. The van der Waals surface area contributed by atoms with Gasteiger partial charge in [0.05, 0.1) is 10.2 Å². The lowest BCUT2D eigenvalue weighted by molar-refractivity contribution is -0.143. The zero-order valence-corrected chi connectivity index (χ0v) is 29.1. The number of thiol groups is 2. The Labute approximate surface area is 270 Å². The predicted octanol–water partition coefficient (Wildman–Crippen LogP) is 7.00. The molecule has 1 amide bonds. The average molecular weight is 632 g/mol. The number of nitrogens with one attached hydrogen (secondary N) is 1. The Morgan fingerprint density at radius 2 is 1.72 bits per heavy atom. The SMILES string of the molecule is CC(=C/C(C)C/C=C/C(C)=C/C(C)C(=O)C(C)C(O)C(C)C/C(C)=C/C(=O)NCC(C)(S)S)/C=C/[C@@H]1OC(=O)C=C[C@@H]1C. The Hall–Kier alpha value is -2.29. The number of allylic oxidation sites excluding steroid dienone is 8. The molecule has 2 N–H and O–H groups in total. The van der Waals surface area contributed by atoms with Gasteiger partial charge in [0.2, 0.25) is 5.91 Å². The van der Waals surface area contributed by atoms with Crippen LogP contribution in [0.2, 0.25) is 0 Å². The van der Waals surface area contributed by atoms with Crippen molar-refractivity contribution in [2.75, 3.05) is 6.54 Å². The summed E-state index contributed by atoms with van der Waals surface area (Å²) in [7, 11) is 0. The van der Waals surface area contributed by atoms with E-state index in [0.29, 0.717) is 18.9 Å². The number of ether oxygens (including phenoxy) is 1. The molecule has 8 heteroatoms. The van der Waals surface area contributed by atoms with Crippen LogP contribution < -0.4 is 5.32 Å². The van der Waals surface area contributed by atoms with E-state index in [1.165, 1.54) is 12.2 Å². The highest BCUT2D eigenvalue weighted by Gasteiger charge is 2.29. The summed E-state index contributed by atoms with van der Waals surface area (Å²) in [5.74, 6) is -1.14. The van der Waals surface area contributed by atoms with Crippen molar-refractivity contribution in [3.05, 3.63) is 71.4 Å². The van der Waals surface area contributed by atoms with Crippen LogP contribution in [0.4, 0.5) is 0 Å². The maximum atomic E-state index is 13.1. The van der Waals surface area contributed by atoms with E-state index in [1.54, 1.807) is 13.8 Å². The second kappa shape index (κ2) is 18.5. The fourth-order valence-electron chi connectivity index (χ4n) is 4.95. The van der Waals surface area contributed by atoms with Crippen LogP contribution in [0.5, 0.6) is 0 Å². The van der Waals surface area contributed by atoms with Crippen molar-refractivity contribution in [2.45, 2.75) is 91.4 Å². The van der Waals surface area contributed by atoms with Crippen LogP contribution in [-0.4, -0.2) is 45.6 Å². The summed E-state index contributed by atoms with van der Waals surface area (Å²) in [6.45, 7) is 17.7. The summed E-state index contributed by atoms with van der Waals surface area (Å²) in [5, 5.41) is 13.7. The van der Waals surface area contributed by atoms with Gasteiger partial charge in [0.1, 0.15) is 11.9 Å². The van der Waals surface area contributed by atoms with Gasteiger partial charge in [-0.05, 0) is 58.4 Å². The van der Waals surface area contributed by atoms with Crippen LogP contribution in [0.25, 0.3) is 0 Å². The Morgan fingerprint density at radius 1 is 1.09 bits per heavy atom. The molecule has 240 valence electrons. The minimum absolute atomic E-state index is 0.0134. The molecule has 0 saturated carbocycles. The van der Waals surface area contributed by atoms with Gasteiger partial charge in [0.25, 0.3) is 0 Å². The molecule has 5 unspecified atom stereocenters. The van der Waals surface area contributed by atoms with Gasteiger partial charge in [0, 0.05) is 36.5 Å². The monoisotopic (exact) mass is 631 g/mol. The number of rotatable bonds is 16. The third kappa shape index (κ3) is 15.8. The lowest BCUT2D eigenvalue weighted by Crippen LogP contribution is -2.34. The Morgan fingerprint density at radius 3 is 2.35 bits per heavy atom. The second-order valence-electron chi connectivity index (χ2n) is 12.5. The van der Waals surface area contributed by atoms with E-state index in [1.807, 2.05) is 71.9 Å². The quantitative estimate of drug-likeness (QED) is 0.0484. The molecule has 0 radical (unpaired) electrons. The summed E-state index contributed by atoms with van der Waals surface area (Å²) < 4.78 is 4.76. The lowest BCUT2D eigenvalue weighted by atomic mass is 9.83. The Kier molecular flexibility index (Phi) is 16.7. The first kappa shape index (κ1) is 38.7. The molecule has 1 aliphatic rings. The normalized spacial score (nSPS) is 22.3. The summed E-state index contributed by atoms with van der Waals surface area (Å²) in [5.41, 5.74) is 2.93. The molecule has 0 spiro atoms. The van der Waals surface area contributed by atoms with Gasteiger partial charge in [0.15, 0.2) is 0 Å². The first-order valence-corrected chi connectivity index (χ1v) is 16.0. The summed E-state index contributed by atoms with van der Waals surface area (Å²) in [6, 6.07) is 0. The number of hydrogen-bond donors (Lipinski definition) is 4. The third-order valence-corrected chi connectivity index (χ3v) is 7.73. The van der Waals surface area contributed by atoms with Crippen LogP contribution in [0.3, 0.4) is 0 Å². The molecule has 0 fully saturated rings. The van der Waals surface area contributed by atoms with E-state index in [0.717, 1.165) is 23.1 Å². The molecule has 0 bridgehead atoms. The number of esters is 1. The molecule has 0 saturated heterocycles. The first-order valence-electron chi connectivity index (χ1n) is 15.1. The van der Waals surface area contributed by atoms with Crippen LogP contribution in [0, 0.1) is 29.6 Å². The minimum Gasteiger partial charge on any atom is -0.454 e. The molecule has 1 rings (SSSR count). The van der Waals surface area contributed by atoms with Crippen molar-refractivity contribution in [3.8, 4) is 0 Å². The summed E-state index contributed by atoms with van der Waals surface area (Å²) in [4.78, 5) is 36.8. The van der Waals surface area contributed by atoms with Crippen molar-refractivity contribution in [2.24, 2.45) is 29.6 Å². The maximum absolute atomic E-state index is 13.1. The number of amides is 1. The van der Waals surface area contributed by atoms with Crippen LogP contribution >= 0.6 is 25.3 Å². The fraction of sp³-hybridized carbons (Fsp3) is 0.571. The molecule has 43 heavy (non-hydrogen) atoms. The van der Waals surface area contributed by atoms with Gasteiger partial charge in [-0.15, -0.1) is 0 Å². The Balaban J connectivity index is 2.63. The standard InChI is InChI=1S/C35H53NO5S2/c1-22(17-24(3)13-15-30-26(5)14-16-32(38)41-30)11-10-12-23(2)18-27(6)33(39)29(8)34(40)28(7)19-25(4)20-31(37)36-21-35(9,42)43/h10,12-18,20,22,26-30,34,40,42-43H,11,19,21H2,1-9H3,(H,36,37)/b12-10+,15-13+,23-18+,24-17-,25-20+/t22?,26-,27?,28?,29?,30-,34?/m0/s1. The van der Waals surface area contributed by atoms with Crippen molar-refractivity contribution >= 4 is 42.9 Å². The number of Topliss-reactive ketones (excluding diaryl/α,β-unsaturated/α-hetero) is 1. The number of ketones is 1. The van der Waals surface area contributed by atoms with Crippen molar-refractivity contribution in [1.29, 1.82) is 0 Å². The second-order valence-corrected chi connectivity index (χ2v) is 14.8. The van der Waals surface area contributed by atoms with E-state index in [2.05, 4.69) is 49.7 Å². The number of carbonyl (C=O) groups is 3. The van der Waals surface area contributed by atoms with E-state index in [9.17, 15) is 19.5 Å². The first-order chi connectivity index (χ1) is 19.9. The summed E-state index contributed by atoms with van der Waals surface area (Å²) >= 11 is 8.56. The molecule has 0 aromatic rings. The molecule has 1 aliphatic heterocycles. The average Bonchev–Trinajstić information content (AvgIpc) is 2.90. The number of carbonyl (C=O) groups excluding carboxylic acids is 3. The summed E-state index contributed by atoms with van der Waals surface area (Å²) in [6.07, 6.45) is 17.3. The van der Waals surface area contributed by atoms with E-state index in [-0.39, 0.29) is 41.5 Å². The Bertz CT molecular complexity index is 1140. The van der Waals surface area contributed by atoms with E-state index in [4.69, 9.17) is 4.74 Å². The van der Waals surface area contributed by atoms with E-state index >= 15 is 0 Å². The molecule has 0 aromatic carbocycles. The van der Waals surface area contributed by atoms with Gasteiger partial charge >= 0.3 is 5.97 Å². The number of aliphatic hydroxyl groups is 1. The fourth-order valence-corrected chi connectivity index (χ4v) is 5.11. The number of cyclic esters (lactones) is 1. The van der Waals surface area contributed by atoms with Crippen molar-refractivity contribution < 1.29 is 24.2 Å². The van der Waals surface area contributed by atoms with Gasteiger partial charge < -0.3 is 15.2 Å². The molecule has 0 aromatic heterocycles. The molecule has 6 nitrogen and oxygen atoms in total. The van der Waals surface area contributed by atoms with Crippen LogP contribution in [-0.2, 0) is 19.1 Å². The van der Waals surface area contributed by atoms with Crippen molar-refractivity contribution in [3.63, 3.8) is 0 Å². The lowest BCUT2D eigenvalue weighted by Gasteiger charge is -2.26. The minimum atomic E-state index is -0.821. The molecular formula is C35H53NO5S2. The van der Waals surface area contributed by atoms with Gasteiger partial charge in [-0.2, -0.15) is 25.3 Å². The maximum Gasteiger partial charge on any atom is 0.331 e. The molecule has 7 atom stereocenters. The van der Waals surface area contributed by atoms with Crippen LogP contribution in [0.15, 0.2) is 71.4 Å². The highest BCUT2D eigenvalue weighted by molar-refractivity contribution is 8.00. The topological polar surface area (TPSA) is 92.7 Å². The number of aliphatic hydroxyl groups excluding tert-OH is 1. The molecule has 0 aliphatic carbocycles. The largest absolute Gasteiger partial charge is 0.454 e. The third-order valence-electron chi connectivity index (χ3n) is 7.42.